The Bertz CT molecular complexity index is 570. The molecule has 0 unspecified atom stereocenters. The fourth-order valence-corrected chi connectivity index (χ4v) is 2.65. The molecule has 0 bridgehead atoms. The fraction of sp³-hybridized carbons (Fsp3) is 0.500. The monoisotopic (exact) mass is 470 g/mol. The summed E-state index contributed by atoms with van der Waals surface area (Å²) >= 11 is 0. The predicted molar refractivity (Wildman–Crippen MR) is 120 cm³/mol. The molecule has 2 aliphatic rings. The van der Waals surface area contributed by atoms with Gasteiger partial charge in [-0.05, 0) is 39.5 Å². The van der Waals surface area contributed by atoms with Crippen molar-refractivity contribution in [1.29, 1.82) is 0 Å². The van der Waals surface area contributed by atoms with E-state index < -0.39 is 0 Å². The van der Waals surface area contributed by atoms with Gasteiger partial charge in [0.2, 0.25) is 0 Å². The second kappa shape index (κ2) is 23.2. The minimum atomic E-state index is 0. The smallest absolute Gasteiger partial charge is 1.00 e. The van der Waals surface area contributed by atoms with E-state index >= 15 is 0 Å². The van der Waals surface area contributed by atoms with Gasteiger partial charge in [-0.15, -0.1) is 25.5 Å². The van der Waals surface area contributed by atoms with Gasteiger partial charge in [-0.2, -0.15) is 0 Å². The summed E-state index contributed by atoms with van der Waals surface area (Å²) in [7, 11) is 3.62. The van der Waals surface area contributed by atoms with E-state index in [1.54, 1.807) is 0 Å². The van der Waals surface area contributed by atoms with Crippen molar-refractivity contribution in [3.63, 3.8) is 0 Å². The normalized spacial score (nSPS) is 13.0. The van der Waals surface area contributed by atoms with Crippen LogP contribution in [0.15, 0.2) is 48.5 Å². The van der Waals surface area contributed by atoms with Gasteiger partial charge in [0.05, 0.1) is 0 Å². The number of para-hydroxylation sites is 2. The van der Waals surface area contributed by atoms with Gasteiger partial charge in [-0.25, -0.2) is 0 Å². The minimum absolute atomic E-state index is 0. The third-order valence-electron chi connectivity index (χ3n) is 4.37. The number of hydrogen-bond acceptors (Lipinski definition) is 2. The number of nitrogens with zero attached hydrogens (tertiary/aromatic N) is 2. The second-order valence-electron chi connectivity index (χ2n) is 6.66. The zero-order valence-corrected chi connectivity index (χ0v) is 20.8. The third kappa shape index (κ3) is 16.8. The van der Waals surface area contributed by atoms with Crippen LogP contribution in [-0.4, -0.2) is 40.5 Å². The van der Waals surface area contributed by atoms with Crippen LogP contribution in [0.1, 0.15) is 36.8 Å². The van der Waals surface area contributed by atoms with Crippen molar-refractivity contribution in [3.05, 3.63) is 70.3 Å². The first-order valence-corrected chi connectivity index (χ1v) is 10.2. The van der Waals surface area contributed by atoms with Gasteiger partial charge in [0, 0.05) is 26.4 Å². The van der Waals surface area contributed by atoms with Crippen molar-refractivity contribution in [2.75, 3.05) is 40.5 Å². The maximum Gasteiger partial charge on any atom is 4.00 e. The Morgan fingerprint density at radius 2 is 0.871 bits per heavy atom. The average molecular weight is 470 g/mol. The van der Waals surface area contributed by atoms with E-state index in [0.717, 1.165) is 37.8 Å². The molecule has 4 rings (SSSR count). The predicted octanol–water partition coefficient (Wildman–Crippen LogP) is 0.859. The molecule has 0 atom stereocenters. The van der Waals surface area contributed by atoms with Crippen LogP contribution in [-0.2, 0) is 31.2 Å². The molecule has 7 heteroatoms. The van der Waals surface area contributed by atoms with Gasteiger partial charge in [0.15, 0.2) is 0 Å². The molecule has 172 valence electrons. The molecule has 2 heterocycles. The summed E-state index contributed by atoms with van der Waals surface area (Å²) in [5.41, 5.74) is 4.63. The van der Waals surface area contributed by atoms with Crippen molar-refractivity contribution in [2.45, 2.75) is 39.5 Å². The molecule has 2 saturated heterocycles. The van der Waals surface area contributed by atoms with Crippen LogP contribution in [0.5, 0.6) is 0 Å². The Balaban J connectivity index is -0.000000337. The number of halogens is 2. The zero-order valence-electron chi connectivity index (χ0n) is 19.2. The molecule has 2 aromatic carbocycles. The van der Waals surface area contributed by atoms with Gasteiger partial charge in [0.1, 0.15) is 0 Å². The molecule has 0 radical (unpaired) electrons. The summed E-state index contributed by atoms with van der Waals surface area (Å²) in [6.07, 6.45) is 5.11. The van der Waals surface area contributed by atoms with E-state index in [-0.39, 0.29) is 31.1 Å². The van der Waals surface area contributed by atoms with Crippen LogP contribution >= 0.6 is 0 Å². The van der Waals surface area contributed by atoms with E-state index in [2.05, 4.69) is 36.6 Å². The maximum atomic E-state index is 4.94. The first-order chi connectivity index (χ1) is 13.7. The van der Waals surface area contributed by atoms with Crippen molar-refractivity contribution in [1.82, 2.24) is 0 Å². The Morgan fingerprint density at radius 1 is 0.581 bits per heavy atom. The van der Waals surface area contributed by atoms with Gasteiger partial charge in [0.25, 0.3) is 0 Å². The number of benzene rings is 2. The largest absolute Gasteiger partial charge is 4.00 e. The standard InChI is InChI=1S/2C8H10N.2C4H8O.2FH.Ti/c2*1-7-5-3-4-6-8(7)9-2;2*1-2-4-5-3-1;;;/h2*3-6H,1-2H3;2*1-4H2;2*1H;/q2*-1;;;;;+4/p-2. The summed E-state index contributed by atoms with van der Waals surface area (Å²) in [6.45, 7) is 8.12. The quantitative estimate of drug-likeness (QED) is 0.612. The van der Waals surface area contributed by atoms with E-state index in [1.165, 1.54) is 36.8 Å². The minimum Gasteiger partial charge on any atom is -1.00 e. The van der Waals surface area contributed by atoms with Crippen LogP contribution in [0.3, 0.4) is 0 Å². The maximum absolute atomic E-state index is 4.94. The fourth-order valence-electron chi connectivity index (χ4n) is 2.65. The number of aryl methyl sites for hydroxylation is 2. The molecule has 0 saturated carbocycles. The van der Waals surface area contributed by atoms with E-state index in [9.17, 15) is 0 Å². The van der Waals surface area contributed by atoms with E-state index in [0.29, 0.717) is 0 Å². The topological polar surface area (TPSA) is 46.7 Å². The molecule has 2 aliphatic heterocycles. The summed E-state index contributed by atoms with van der Waals surface area (Å²) in [6, 6.07) is 16.2. The Labute approximate surface area is 202 Å². The van der Waals surface area contributed by atoms with Crippen LogP contribution < -0.4 is 9.41 Å². The van der Waals surface area contributed by atoms with Gasteiger partial charge >= 0.3 is 21.7 Å². The first-order valence-electron chi connectivity index (χ1n) is 10.2. The van der Waals surface area contributed by atoms with E-state index in [4.69, 9.17) is 9.47 Å². The molecule has 0 spiro atoms. The van der Waals surface area contributed by atoms with Crippen LogP contribution in [0.2, 0.25) is 0 Å². The van der Waals surface area contributed by atoms with Crippen molar-refractivity contribution < 1.29 is 40.6 Å². The Hall–Kier alpha value is -1.47. The second-order valence-corrected chi connectivity index (χ2v) is 6.66. The van der Waals surface area contributed by atoms with Gasteiger partial charge in [-0.1, -0.05) is 59.7 Å². The molecule has 2 fully saturated rings. The molecule has 0 aliphatic carbocycles. The Morgan fingerprint density at radius 3 is 1.03 bits per heavy atom. The first kappa shape index (κ1) is 34.2. The third-order valence-corrected chi connectivity index (χ3v) is 4.37. The molecule has 4 nitrogen and oxygen atoms in total. The van der Waals surface area contributed by atoms with Crippen LogP contribution in [0.25, 0.3) is 10.6 Å². The van der Waals surface area contributed by atoms with Crippen molar-refractivity contribution in [3.8, 4) is 0 Å². The summed E-state index contributed by atoms with van der Waals surface area (Å²) < 4.78 is 9.89. The molecule has 31 heavy (non-hydrogen) atoms. The molecule has 0 N–H and O–H groups in total. The molecule has 0 aromatic heterocycles. The van der Waals surface area contributed by atoms with E-state index in [1.807, 2.05) is 50.5 Å². The Kier molecular flexibility index (Phi) is 25.6. The summed E-state index contributed by atoms with van der Waals surface area (Å²) in [4.78, 5) is 0. The van der Waals surface area contributed by atoms with Crippen molar-refractivity contribution >= 4 is 11.4 Å². The number of rotatable bonds is 2. The number of hydrogen-bond donors (Lipinski definition) is 0. The van der Waals surface area contributed by atoms with Gasteiger partial charge < -0.3 is 29.5 Å². The molecule has 2 aromatic rings. The van der Waals surface area contributed by atoms with Crippen LogP contribution in [0, 0.1) is 13.8 Å². The van der Waals surface area contributed by atoms with Gasteiger partial charge in [-0.3, -0.25) is 0 Å². The zero-order chi connectivity index (χ0) is 20.5. The molecule has 0 amide bonds. The molecular formula is C24H36F2N2O2Ti. The summed E-state index contributed by atoms with van der Waals surface area (Å²) in [5.74, 6) is 0. The SMILES string of the molecule is C1CCOC1.C1CCOC1.C[N-]c1ccccc1C.C[N-]c1ccccc1C.[F-].[F-].[Ti+4]. The van der Waals surface area contributed by atoms with Crippen LogP contribution in [0.4, 0.5) is 11.4 Å². The average Bonchev–Trinajstić information content (AvgIpc) is 3.48. The summed E-state index contributed by atoms with van der Waals surface area (Å²) in [5, 5.41) is 8.14. The molecular weight excluding hydrogens is 434 g/mol. The number of ether oxygens (including phenoxy) is 2. The van der Waals surface area contributed by atoms with Crippen molar-refractivity contribution in [2.24, 2.45) is 0 Å².